The molecule has 0 spiro atoms. The van der Waals surface area contributed by atoms with Gasteiger partial charge in [-0.1, -0.05) is 0 Å². The fourth-order valence-electron chi connectivity index (χ4n) is 1.81. The van der Waals surface area contributed by atoms with Crippen molar-refractivity contribution in [2.45, 2.75) is 13.1 Å². The van der Waals surface area contributed by atoms with Crippen LogP contribution in [-0.4, -0.2) is 19.0 Å². The molecule has 1 aromatic rings. The van der Waals surface area contributed by atoms with Crippen LogP contribution in [0.5, 0.6) is 0 Å². The van der Waals surface area contributed by atoms with E-state index in [1.54, 1.807) is 13.0 Å². The van der Waals surface area contributed by atoms with Crippen LogP contribution in [0.1, 0.15) is 18.1 Å². The molecular weight excluding hydrogens is 283 g/mol. The maximum Gasteiger partial charge on any atom is 0.416 e. The molecule has 110 valence electrons. The molecule has 0 unspecified atom stereocenters. The summed E-state index contributed by atoms with van der Waals surface area (Å²) < 4.78 is 37.7. The smallest absolute Gasteiger partial charge is 0.321 e. The van der Waals surface area contributed by atoms with Gasteiger partial charge in [-0.05, 0) is 30.7 Å². The first-order chi connectivity index (χ1) is 9.82. The van der Waals surface area contributed by atoms with E-state index < -0.39 is 17.6 Å². The van der Waals surface area contributed by atoms with Gasteiger partial charge in [-0.2, -0.15) is 18.4 Å². The van der Waals surface area contributed by atoms with E-state index in [2.05, 4.69) is 10.6 Å². The molecule has 1 amide bonds. The number of benzene rings is 1. The van der Waals surface area contributed by atoms with Crippen molar-refractivity contribution in [3.05, 3.63) is 40.5 Å². The fraction of sp³-hybridized carbons (Fsp3) is 0.286. The molecule has 0 aromatic heterocycles. The van der Waals surface area contributed by atoms with Gasteiger partial charge in [0, 0.05) is 18.7 Å². The molecule has 21 heavy (non-hydrogen) atoms. The summed E-state index contributed by atoms with van der Waals surface area (Å²) in [5.74, 6) is -0.414. The van der Waals surface area contributed by atoms with Crippen LogP contribution in [0.2, 0.25) is 0 Å². The first-order valence-electron chi connectivity index (χ1n) is 6.15. The molecule has 1 saturated heterocycles. The Kier molecular flexibility index (Phi) is 4.00. The molecule has 0 saturated carbocycles. The Labute approximate surface area is 119 Å². The van der Waals surface area contributed by atoms with Crippen molar-refractivity contribution < 1.29 is 18.0 Å². The topological polar surface area (TPSA) is 64.9 Å². The van der Waals surface area contributed by atoms with Crippen LogP contribution >= 0.6 is 0 Å². The minimum atomic E-state index is -4.52. The van der Waals surface area contributed by atoms with Crippen molar-refractivity contribution >= 4 is 11.6 Å². The zero-order valence-electron chi connectivity index (χ0n) is 11.1. The molecule has 1 aliphatic rings. The maximum atomic E-state index is 12.6. The minimum Gasteiger partial charge on any atom is -0.321 e. The van der Waals surface area contributed by atoms with Crippen LogP contribution in [-0.2, 0) is 11.0 Å². The highest BCUT2D eigenvalue weighted by molar-refractivity contribution is 6.04. The molecule has 2 rings (SSSR count). The van der Waals surface area contributed by atoms with E-state index in [9.17, 15) is 18.0 Å². The number of halogens is 3. The normalized spacial score (nSPS) is 14.1. The van der Waals surface area contributed by atoms with Crippen LogP contribution in [0.15, 0.2) is 29.3 Å². The van der Waals surface area contributed by atoms with Gasteiger partial charge in [0.25, 0.3) is 5.91 Å². The van der Waals surface area contributed by atoms with Crippen molar-refractivity contribution in [1.29, 1.82) is 5.26 Å². The quantitative estimate of drug-likeness (QED) is 0.824. The minimum absolute atomic E-state index is 0.0720. The number of carbonyl (C=O) groups is 1. The number of rotatable bonds is 2. The summed E-state index contributed by atoms with van der Waals surface area (Å²) >= 11 is 0. The van der Waals surface area contributed by atoms with Gasteiger partial charge in [-0.15, -0.1) is 0 Å². The van der Waals surface area contributed by atoms with Gasteiger partial charge in [0.15, 0.2) is 0 Å². The van der Waals surface area contributed by atoms with Crippen LogP contribution in [0.3, 0.4) is 0 Å². The van der Waals surface area contributed by atoms with E-state index in [1.807, 2.05) is 0 Å². The van der Waals surface area contributed by atoms with Gasteiger partial charge in [0.05, 0.1) is 16.8 Å². The van der Waals surface area contributed by atoms with Crippen molar-refractivity contribution in [3.63, 3.8) is 0 Å². The molecule has 1 aromatic carbocycles. The molecule has 0 aliphatic carbocycles. The summed E-state index contributed by atoms with van der Waals surface area (Å²) in [7, 11) is 0. The summed E-state index contributed by atoms with van der Waals surface area (Å²) in [6, 6.07) is 4.32. The highest BCUT2D eigenvalue weighted by atomic mass is 19.4. The molecule has 4 nitrogen and oxygen atoms in total. The van der Waals surface area contributed by atoms with E-state index in [1.165, 1.54) is 0 Å². The highest BCUT2D eigenvalue weighted by Gasteiger charge is 2.31. The van der Waals surface area contributed by atoms with Gasteiger partial charge in [-0.25, -0.2) is 0 Å². The molecule has 1 aliphatic heterocycles. The van der Waals surface area contributed by atoms with Crippen molar-refractivity contribution in [1.82, 2.24) is 5.32 Å². The number of carbonyl (C=O) groups excluding carboxylic acids is 1. The third-order valence-electron chi connectivity index (χ3n) is 3.26. The summed E-state index contributed by atoms with van der Waals surface area (Å²) in [4.78, 5) is 12.0. The second-order valence-corrected chi connectivity index (χ2v) is 4.66. The molecular formula is C14H12F3N3O. The predicted molar refractivity (Wildman–Crippen MR) is 70.4 cm³/mol. The Morgan fingerprint density at radius 3 is 2.52 bits per heavy atom. The van der Waals surface area contributed by atoms with E-state index in [0.717, 1.165) is 23.8 Å². The monoisotopic (exact) mass is 295 g/mol. The van der Waals surface area contributed by atoms with E-state index in [4.69, 9.17) is 5.26 Å². The summed E-state index contributed by atoms with van der Waals surface area (Å²) in [6.45, 7) is 2.89. The lowest BCUT2D eigenvalue weighted by molar-refractivity contribution is -0.137. The molecule has 2 N–H and O–H groups in total. The first kappa shape index (κ1) is 15.1. The SMILES string of the molecule is CC(C(=O)Nc1ccc(C(F)(F)F)cc1C#N)=C1CNC1. The Bertz CT molecular complexity index is 650. The first-order valence-corrected chi connectivity index (χ1v) is 6.15. The van der Waals surface area contributed by atoms with Crippen molar-refractivity contribution in [2.24, 2.45) is 0 Å². The zero-order chi connectivity index (χ0) is 15.6. The number of nitrogens with one attached hydrogen (secondary N) is 2. The predicted octanol–water partition coefficient (Wildman–Crippen LogP) is 2.44. The number of hydrogen-bond acceptors (Lipinski definition) is 3. The second-order valence-electron chi connectivity index (χ2n) is 4.66. The highest BCUT2D eigenvalue weighted by Crippen LogP contribution is 2.31. The molecule has 1 heterocycles. The third-order valence-corrected chi connectivity index (χ3v) is 3.26. The summed E-state index contributed by atoms with van der Waals surface area (Å²) in [5, 5.41) is 14.4. The van der Waals surface area contributed by atoms with Gasteiger partial charge < -0.3 is 10.6 Å². The Hall–Kier alpha value is -2.33. The molecule has 0 bridgehead atoms. The van der Waals surface area contributed by atoms with Crippen LogP contribution < -0.4 is 10.6 Å². The maximum absolute atomic E-state index is 12.6. The largest absolute Gasteiger partial charge is 0.416 e. The Morgan fingerprint density at radius 2 is 2.05 bits per heavy atom. The lowest BCUT2D eigenvalue weighted by atomic mass is 10.0. The Morgan fingerprint density at radius 1 is 1.38 bits per heavy atom. The number of amides is 1. The molecule has 0 radical (unpaired) electrons. The van der Waals surface area contributed by atoms with Crippen LogP contribution in [0.25, 0.3) is 0 Å². The Balaban J connectivity index is 2.25. The number of anilines is 1. The average molecular weight is 295 g/mol. The summed E-state index contributed by atoms with van der Waals surface area (Å²) in [5.41, 5.74) is 0.385. The van der Waals surface area contributed by atoms with Crippen LogP contribution in [0, 0.1) is 11.3 Å². The van der Waals surface area contributed by atoms with Crippen molar-refractivity contribution in [2.75, 3.05) is 18.4 Å². The lowest BCUT2D eigenvalue weighted by Crippen LogP contribution is -2.36. The number of alkyl halides is 3. The zero-order valence-corrected chi connectivity index (χ0v) is 11.1. The second kappa shape index (κ2) is 5.58. The summed E-state index contributed by atoms with van der Waals surface area (Å²) in [6.07, 6.45) is -4.52. The fourth-order valence-corrected chi connectivity index (χ4v) is 1.81. The lowest BCUT2D eigenvalue weighted by Gasteiger charge is -2.21. The van der Waals surface area contributed by atoms with E-state index in [-0.39, 0.29) is 11.3 Å². The molecule has 1 fully saturated rings. The van der Waals surface area contributed by atoms with Crippen molar-refractivity contribution in [3.8, 4) is 6.07 Å². The van der Waals surface area contributed by atoms with Gasteiger partial charge >= 0.3 is 6.18 Å². The standard InChI is InChI=1S/C14H12F3N3O/c1-8(10-6-19-7-10)13(21)20-12-3-2-11(14(15,16)17)4-9(12)5-18/h2-4,19H,6-7H2,1H3,(H,20,21). The van der Waals surface area contributed by atoms with E-state index >= 15 is 0 Å². The third kappa shape index (κ3) is 3.23. The number of nitriles is 1. The van der Waals surface area contributed by atoms with Crippen LogP contribution in [0.4, 0.5) is 18.9 Å². The number of hydrogen-bond donors (Lipinski definition) is 2. The van der Waals surface area contributed by atoms with Gasteiger partial charge in [-0.3, -0.25) is 4.79 Å². The number of nitrogens with zero attached hydrogens (tertiary/aromatic N) is 1. The van der Waals surface area contributed by atoms with Gasteiger partial charge in [0.2, 0.25) is 0 Å². The average Bonchev–Trinajstić information content (AvgIpc) is 2.35. The molecule has 0 atom stereocenters. The van der Waals surface area contributed by atoms with Gasteiger partial charge in [0.1, 0.15) is 6.07 Å². The van der Waals surface area contributed by atoms with E-state index in [0.29, 0.717) is 18.7 Å². The molecule has 7 heteroatoms.